The second-order valence-electron chi connectivity index (χ2n) is 7.38. The van der Waals surface area contributed by atoms with Crippen LogP contribution in [0.2, 0.25) is 0 Å². The first-order valence-electron chi connectivity index (χ1n) is 9.50. The van der Waals surface area contributed by atoms with Crippen LogP contribution in [0.4, 0.5) is 0 Å². The van der Waals surface area contributed by atoms with Gasteiger partial charge < -0.3 is 5.32 Å². The molecular weight excluding hydrogens is 370 g/mol. The lowest BCUT2D eigenvalue weighted by Crippen LogP contribution is -2.33. The summed E-state index contributed by atoms with van der Waals surface area (Å²) in [5.74, 6) is -0.0120. The number of amides is 1. The van der Waals surface area contributed by atoms with Crippen LogP contribution in [0.5, 0.6) is 0 Å². The number of carbonyl (C=O) groups is 1. The number of benzene rings is 2. The number of hydrogen-bond acceptors (Lipinski definition) is 4. The molecule has 2 aromatic carbocycles. The topological polar surface area (TPSA) is 64.0 Å². The summed E-state index contributed by atoms with van der Waals surface area (Å²) in [6.45, 7) is 5.87. The van der Waals surface area contributed by atoms with Crippen LogP contribution in [0.15, 0.2) is 52.4 Å². The van der Waals surface area contributed by atoms with Gasteiger partial charge in [-0.1, -0.05) is 41.6 Å². The minimum absolute atomic E-state index is 0.0120. The van der Waals surface area contributed by atoms with Crippen LogP contribution in [0, 0.1) is 13.8 Å². The molecule has 4 rings (SSSR count). The van der Waals surface area contributed by atoms with Gasteiger partial charge in [0, 0.05) is 6.04 Å². The summed E-state index contributed by atoms with van der Waals surface area (Å²) < 4.78 is 1.64. The molecule has 3 aromatic rings. The summed E-state index contributed by atoms with van der Waals surface area (Å²) in [6, 6.07) is 13.6. The van der Waals surface area contributed by atoms with Gasteiger partial charge >= 0.3 is 0 Å². The Morgan fingerprint density at radius 2 is 1.96 bits per heavy atom. The lowest BCUT2D eigenvalue weighted by molar-refractivity contribution is -0.120. The predicted molar refractivity (Wildman–Crippen MR) is 113 cm³/mol. The van der Waals surface area contributed by atoms with Crippen LogP contribution in [-0.4, -0.2) is 26.8 Å². The van der Waals surface area contributed by atoms with Crippen molar-refractivity contribution in [3.63, 3.8) is 0 Å². The van der Waals surface area contributed by atoms with E-state index in [2.05, 4.69) is 11.4 Å². The summed E-state index contributed by atoms with van der Waals surface area (Å²) >= 11 is 1.32. The van der Waals surface area contributed by atoms with E-state index >= 15 is 0 Å². The van der Waals surface area contributed by atoms with E-state index in [1.807, 2.05) is 51.1 Å². The van der Waals surface area contributed by atoms with Gasteiger partial charge in [-0.15, -0.1) is 0 Å². The Morgan fingerprint density at radius 3 is 2.68 bits per heavy atom. The highest BCUT2D eigenvalue weighted by Crippen LogP contribution is 2.27. The van der Waals surface area contributed by atoms with E-state index in [1.165, 1.54) is 11.8 Å². The van der Waals surface area contributed by atoms with Crippen molar-refractivity contribution in [1.29, 1.82) is 0 Å². The molecule has 0 bridgehead atoms. The number of thioether (sulfide) groups is 1. The largest absolute Gasteiger partial charge is 0.352 e. The summed E-state index contributed by atoms with van der Waals surface area (Å²) in [7, 11) is 0. The van der Waals surface area contributed by atoms with Gasteiger partial charge in [-0.2, -0.15) is 0 Å². The molecule has 1 aliphatic rings. The number of rotatable bonds is 5. The van der Waals surface area contributed by atoms with Gasteiger partial charge in [0.2, 0.25) is 5.91 Å². The maximum absolute atomic E-state index is 13.3. The van der Waals surface area contributed by atoms with Gasteiger partial charge in [-0.3, -0.25) is 14.2 Å². The number of hydrogen-bond donors (Lipinski definition) is 1. The molecule has 0 aliphatic heterocycles. The molecule has 1 aromatic heterocycles. The number of nitrogens with zero attached hydrogens (tertiary/aromatic N) is 2. The normalized spacial score (nSPS) is 14.8. The molecule has 1 saturated carbocycles. The molecule has 0 spiro atoms. The summed E-state index contributed by atoms with van der Waals surface area (Å²) in [5, 5.41) is 3.79. The smallest absolute Gasteiger partial charge is 0.266 e. The SMILES string of the molecule is Cc1ccc(-n2c(S[C@@H](C)C(=O)NC3CC3)nc3ccccc3c2=O)c(C)c1. The van der Waals surface area contributed by atoms with Gasteiger partial charge in [0.25, 0.3) is 5.56 Å². The Kier molecular flexibility index (Phi) is 4.98. The van der Waals surface area contributed by atoms with Crippen molar-refractivity contribution < 1.29 is 4.79 Å². The Balaban J connectivity index is 1.83. The predicted octanol–water partition coefficient (Wildman–Crippen LogP) is 3.76. The lowest BCUT2D eigenvalue weighted by Gasteiger charge is -2.18. The highest BCUT2D eigenvalue weighted by Gasteiger charge is 2.27. The van der Waals surface area contributed by atoms with Crippen molar-refractivity contribution in [1.82, 2.24) is 14.9 Å². The molecule has 1 aliphatic carbocycles. The minimum atomic E-state index is -0.342. The molecule has 1 fully saturated rings. The van der Waals surface area contributed by atoms with Gasteiger partial charge in [-0.05, 0) is 57.4 Å². The fraction of sp³-hybridized carbons (Fsp3) is 0.318. The van der Waals surface area contributed by atoms with Crippen molar-refractivity contribution in [2.45, 2.75) is 50.1 Å². The van der Waals surface area contributed by atoms with Gasteiger partial charge in [0.05, 0.1) is 21.8 Å². The monoisotopic (exact) mass is 393 g/mol. The number of fused-ring (bicyclic) bond motifs is 1. The number of nitrogens with one attached hydrogen (secondary N) is 1. The number of para-hydroxylation sites is 1. The van der Waals surface area contributed by atoms with Crippen molar-refractivity contribution >= 4 is 28.6 Å². The second-order valence-corrected chi connectivity index (χ2v) is 8.69. The van der Waals surface area contributed by atoms with Crippen LogP contribution in [0.25, 0.3) is 16.6 Å². The van der Waals surface area contributed by atoms with Crippen LogP contribution >= 0.6 is 11.8 Å². The molecule has 1 amide bonds. The third-order valence-corrected chi connectivity index (χ3v) is 5.97. The fourth-order valence-corrected chi connectivity index (χ4v) is 4.15. The van der Waals surface area contributed by atoms with E-state index < -0.39 is 0 Å². The number of aryl methyl sites for hydroxylation is 2. The van der Waals surface area contributed by atoms with Crippen molar-refractivity contribution in [2.75, 3.05) is 0 Å². The molecule has 1 atom stereocenters. The molecule has 5 nitrogen and oxygen atoms in total. The maximum atomic E-state index is 13.3. The molecule has 0 unspecified atom stereocenters. The minimum Gasteiger partial charge on any atom is -0.352 e. The Bertz CT molecular complexity index is 1120. The zero-order valence-corrected chi connectivity index (χ0v) is 17.0. The number of aromatic nitrogens is 2. The highest BCUT2D eigenvalue weighted by atomic mass is 32.2. The summed E-state index contributed by atoms with van der Waals surface area (Å²) in [5.41, 5.74) is 3.46. The zero-order chi connectivity index (χ0) is 19.8. The standard InChI is InChI=1S/C22H23N3O2S/c1-13-8-11-19(14(2)12-13)25-21(27)17-6-4-5-7-18(17)24-22(25)28-15(3)20(26)23-16-9-10-16/h4-8,11-12,15-16H,9-10H2,1-3H3,(H,23,26)/t15-/m0/s1. The van der Waals surface area contributed by atoms with Gasteiger partial charge in [0.1, 0.15) is 0 Å². The first-order valence-corrected chi connectivity index (χ1v) is 10.4. The average molecular weight is 394 g/mol. The third kappa shape index (κ3) is 3.69. The first-order chi connectivity index (χ1) is 13.4. The Morgan fingerprint density at radius 1 is 1.21 bits per heavy atom. The molecule has 0 radical (unpaired) electrons. The van der Waals surface area contributed by atoms with E-state index in [-0.39, 0.29) is 16.7 Å². The first kappa shape index (κ1) is 18.7. The van der Waals surface area contributed by atoms with Crippen molar-refractivity contribution in [3.05, 3.63) is 63.9 Å². The molecule has 0 saturated heterocycles. The number of carbonyl (C=O) groups excluding carboxylic acids is 1. The lowest BCUT2D eigenvalue weighted by atomic mass is 10.1. The van der Waals surface area contributed by atoms with E-state index in [9.17, 15) is 9.59 Å². The molecule has 28 heavy (non-hydrogen) atoms. The maximum Gasteiger partial charge on any atom is 0.266 e. The van der Waals surface area contributed by atoms with E-state index in [1.54, 1.807) is 10.6 Å². The average Bonchev–Trinajstić information content (AvgIpc) is 3.47. The van der Waals surface area contributed by atoms with E-state index in [0.717, 1.165) is 29.7 Å². The van der Waals surface area contributed by atoms with Crippen LogP contribution in [-0.2, 0) is 4.79 Å². The quantitative estimate of drug-likeness (QED) is 0.529. The van der Waals surface area contributed by atoms with Gasteiger partial charge in [-0.25, -0.2) is 4.98 Å². The third-order valence-electron chi connectivity index (χ3n) is 4.91. The molecule has 6 heteroatoms. The van der Waals surface area contributed by atoms with Crippen molar-refractivity contribution in [2.24, 2.45) is 0 Å². The summed E-state index contributed by atoms with van der Waals surface area (Å²) in [6.07, 6.45) is 2.09. The molecule has 1 N–H and O–H groups in total. The molecular formula is C22H23N3O2S. The Labute approximate surface area is 168 Å². The highest BCUT2D eigenvalue weighted by molar-refractivity contribution is 8.00. The molecule has 144 valence electrons. The van der Waals surface area contributed by atoms with E-state index in [4.69, 9.17) is 4.98 Å². The van der Waals surface area contributed by atoms with Crippen molar-refractivity contribution in [3.8, 4) is 5.69 Å². The van der Waals surface area contributed by atoms with E-state index in [0.29, 0.717) is 22.1 Å². The van der Waals surface area contributed by atoms with Crippen LogP contribution in [0.1, 0.15) is 30.9 Å². The fourth-order valence-electron chi connectivity index (χ4n) is 3.22. The van der Waals surface area contributed by atoms with Crippen LogP contribution < -0.4 is 10.9 Å². The van der Waals surface area contributed by atoms with Crippen LogP contribution in [0.3, 0.4) is 0 Å². The summed E-state index contributed by atoms with van der Waals surface area (Å²) in [4.78, 5) is 30.5. The second kappa shape index (κ2) is 7.43. The van der Waals surface area contributed by atoms with Gasteiger partial charge in [0.15, 0.2) is 5.16 Å². The zero-order valence-electron chi connectivity index (χ0n) is 16.2. The molecule has 1 heterocycles. The Hall–Kier alpha value is -2.60.